The molecule has 0 atom stereocenters. The first-order valence-corrected chi connectivity index (χ1v) is 7.48. The minimum Gasteiger partial charge on any atom is -0.423 e. The fourth-order valence-corrected chi connectivity index (χ4v) is 2.52. The molecule has 1 amide bonds. The molecule has 1 aromatic heterocycles. The van der Waals surface area contributed by atoms with Crippen molar-refractivity contribution in [3.63, 3.8) is 0 Å². The lowest BCUT2D eigenvalue weighted by molar-refractivity contribution is -0.115. The molecule has 4 nitrogen and oxygen atoms in total. The molecule has 3 rings (SSSR count). The highest BCUT2D eigenvalue weighted by Crippen LogP contribution is 2.21. The predicted molar refractivity (Wildman–Crippen MR) is 91.0 cm³/mol. The molecule has 0 saturated carbocycles. The molecule has 0 aliphatic carbocycles. The van der Waals surface area contributed by atoms with Crippen LogP contribution in [-0.2, 0) is 11.2 Å². The molecule has 0 radical (unpaired) electrons. The van der Waals surface area contributed by atoms with Gasteiger partial charge < -0.3 is 9.73 Å². The summed E-state index contributed by atoms with van der Waals surface area (Å²) in [4.78, 5) is 23.5. The fourth-order valence-electron chi connectivity index (χ4n) is 2.40. The highest BCUT2D eigenvalue weighted by molar-refractivity contribution is 6.30. The van der Waals surface area contributed by atoms with Gasteiger partial charge in [-0.25, -0.2) is 4.79 Å². The Bertz CT molecular complexity index is 929. The number of benzene rings is 2. The van der Waals surface area contributed by atoms with E-state index >= 15 is 0 Å². The van der Waals surface area contributed by atoms with Gasteiger partial charge >= 0.3 is 5.63 Å². The first-order chi connectivity index (χ1) is 11.0. The maximum atomic E-state index is 12.1. The van der Waals surface area contributed by atoms with E-state index in [0.29, 0.717) is 16.3 Å². The summed E-state index contributed by atoms with van der Waals surface area (Å²) in [5, 5.41) is 4.28. The third-order valence-electron chi connectivity index (χ3n) is 3.51. The third-order valence-corrected chi connectivity index (χ3v) is 3.77. The van der Waals surface area contributed by atoms with Gasteiger partial charge in [-0.3, -0.25) is 4.79 Å². The van der Waals surface area contributed by atoms with Gasteiger partial charge in [0.1, 0.15) is 5.58 Å². The van der Waals surface area contributed by atoms with Crippen LogP contribution in [0.4, 0.5) is 5.69 Å². The van der Waals surface area contributed by atoms with Crippen LogP contribution >= 0.6 is 11.6 Å². The van der Waals surface area contributed by atoms with E-state index in [9.17, 15) is 9.59 Å². The van der Waals surface area contributed by atoms with Crippen molar-refractivity contribution in [3.05, 3.63) is 75.1 Å². The molecule has 1 heterocycles. The average Bonchev–Trinajstić information content (AvgIpc) is 2.49. The number of halogens is 1. The van der Waals surface area contributed by atoms with Crippen LogP contribution in [0.2, 0.25) is 5.02 Å². The van der Waals surface area contributed by atoms with Gasteiger partial charge in [0.2, 0.25) is 5.91 Å². The van der Waals surface area contributed by atoms with Crippen LogP contribution in [0.5, 0.6) is 0 Å². The van der Waals surface area contributed by atoms with Gasteiger partial charge in [-0.05, 0) is 42.3 Å². The van der Waals surface area contributed by atoms with E-state index < -0.39 is 5.63 Å². The molecule has 0 unspecified atom stereocenters. The van der Waals surface area contributed by atoms with Crippen LogP contribution in [0, 0.1) is 6.92 Å². The maximum absolute atomic E-state index is 12.1. The van der Waals surface area contributed by atoms with E-state index in [1.54, 1.807) is 24.3 Å². The summed E-state index contributed by atoms with van der Waals surface area (Å²) in [6.07, 6.45) is 0.243. The monoisotopic (exact) mass is 327 g/mol. The topological polar surface area (TPSA) is 59.3 Å². The van der Waals surface area contributed by atoms with Crippen LogP contribution in [-0.4, -0.2) is 5.91 Å². The number of rotatable bonds is 3. The van der Waals surface area contributed by atoms with Crippen LogP contribution in [0.3, 0.4) is 0 Å². The van der Waals surface area contributed by atoms with E-state index in [1.807, 2.05) is 25.1 Å². The van der Waals surface area contributed by atoms with Crippen LogP contribution in [0.25, 0.3) is 11.0 Å². The fraction of sp³-hybridized carbons (Fsp3) is 0.111. The molecule has 1 N–H and O–H groups in total. The van der Waals surface area contributed by atoms with E-state index in [-0.39, 0.29) is 12.3 Å². The van der Waals surface area contributed by atoms with Crippen molar-refractivity contribution < 1.29 is 9.21 Å². The average molecular weight is 328 g/mol. The summed E-state index contributed by atoms with van der Waals surface area (Å²) in [7, 11) is 0. The molecule has 0 bridgehead atoms. The Balaban J connectivity index is 1.79. The second kappa shape index (κ2) is 6.26. The minimum atomic E-state index is -0.403. The van der Waals surface area contributed by atoms with Gasteiger partial charge in [0, 0.05) is 28.2 Å². The van der Waals surface area contributed by atoms with Gasteiger partial charge in [-0.2, -0.15) is 0 Å². The normalized spacial score (nSPS) is 10.7. The van der Waals surface area contributed by atoms with Crippen molar-refractivity contribution in [1.29, 1.82) is 0 Å². The molecule has 0 spiro atoms. The molecule has 0 saturated heterocycles. The van der Waals surface area contributed by atoms with Gasteiger partial charge in [0.05, 0.1) is 6.42 Å². The zero-order valence-corrected chi connectivity index (χ0v) is 13.2. The largest absolute Gasteiger partial charge is 0.423 e. The van der Waals surface area contributed by atoms with Crippen molar-refractivity contribution >= 4 is 34.2 Å². The first kappa shape index (κ1) is 15.3. The van der Waals surface area contributed by atoms with Crippen molar-refractivity contribution in [2.45, 2.75) is 13.3 Å². The zero-order chi connectivity index (χ0) is 16.4. The third kappa shape index (κ3) is 3.60. The molecule has 116 valence electrons. The van der Waals surface area contributed by atoms with E-state index in [0.717, 1.165) is 16.5 Å². The number of hydrogen-bond acceptors (Lipinski definition) is 3. The molecule has 2 aromatic carbocycles. The van der Waals surface area contributed by atoms with E-state index in [2.05, 4.69) is 5.32 Å². The summed E-state index contributed by atoms with van der Waals surface area (Å²) < 4.78 is 5.17. The van der Waals surface area contributed by atoms with E-state index in [1.165, 1.54) is 6.07 Å². The van der Waals surface area contributed by atoms with Crippen molar-refractivity contribution in [1.82, 2.24) is 0 Å². The number of amides is 1. The number of aryl methyl sites for hydroxylation is 1. The van der Waals surface area contributed by atoms with E-state index in [4.69, 9.17) is 16.0 Å². The Labute approximate surface area is 137 Å². The maximum Gasteiger partial charge on any atom is 0.336 e. The first-order valence-electron chi connectivity index (χ1n) is 7.10. The van der Waals surface area contributed by atoms with Gasteiger partial charge in [0.15, 0.2) is 0 Å². The predicted octanol–water partition coefficient (Wildman–Crippen LogP) is 3.94. The molecular weight excluding hydrogens is 314 g/mol. The molecule has 0 aliphatic rings. The van der Waals surface area contributed by atoms with Crippen LogP contribution in [0.15, 0.2) is 57.7 Å². The molecule has 0 fully saturated rings. The van der Waals surface area contributed by atoms with Gasteiger partial charge in [-0.15, -0.1) is 0 Å². The lowest BCUT2D eigenvalue weighted by Crippen LogP contribution is -2.14. The summed E-state index contributed by atoms with van der Waals surface area (Å²) in [6, 6.07) is 13.8. The highest BCUT2D eigenvalue weighted by atomic mass is 35.5. The van der Waals surface area contributed by atoms with Crippen molar-refractivity contribution in [3.8, 4) is 0 Å². The summed E-state index contributed by atoms with van der Waals surface area (Å²) in [6.45, 7) is 1.85. The van der Waals surface area contributed by atoms with Crippen LogP contribution < -0.4 is 10.9 Å². The molecular formula is C18H14ClNO3. The second-order valence-corrected chi connectivity index (χ2v) is 5.75. The molecule has 3 aromatic rings. The Morgan fingerprint density at radius 3 is 2.61 bits per heavy atom. The van der Waals surface area contributed by atoms with Crippen LogP contribution in [0.1, 0.15) is 11.1 Å². The second-order valence-electron chi connectivity index (χ2n) is 5.31. The SMILES string of the molecule is Cc1cc(=O)oc2cc(NC(=O)Cc3ccc(Cl)cc3)ccc12. The summed E-state index contributed by atoms with van der Waals surface area (Å²) in [5.41, 5.74) is 2.36. The summed E-state index contributed by atoms with van der Waals surface area (Å²) >= 11 is 5.82. The Kier molecular flexibility index (Phi) is 4.17. The van der Waals surface area contributed by atoms with Gasteiger partial charge in [0.25, 0.3) is 0 Å². The number of fused-ring (bicyclic) bond motifs is 1. The highest BCUT2D eigenvalue weighted by Gasteiger charge is 2.07. The Morgan fingerprint density at radius 1 is 1.13 bits per heavy atom. The Morgan fingerprint density at radius 2 is 1.87 bits per heavy atom. The van der Waals surface area contributed by atoms with Gasteiger partial charge in [-0.1, -0.05) is 23.7 Å². The lowest BCUT2D eigenvalue weighted by atomic mass is 10.1. The molecule has 23 heavy (non-hydrogen) atoms. The number of carbonyl (C=O) groups is 1. The molecule has 5 heteroatoms. The number of nitrogens with one attached hydrogen (secondary N) is 1. The Hall–Kier alpha value is -2.59. The quantitative estimate of drug-likeness (QED) is 0.741. The number of hydrogen-bond donors (Lipinski definition) is 1. The van der Waals surface area contributed by atoms with Crippen molar-refractivity contribution in [2.75, 3.05) is 5.32 Å². The number of carbonyl (C=O) groups excluding carboxylic acids is 1. The lowest BCUT2D eigenvalue weighted by Gasteiger charge is -2.07. The summed E-state index contributed by atoms with van der Waals surface area (Å²) in [5.74, 6) is -0.151. The zero-order valence-electron chi connectivity index (χ0n) is 12.4. The minimum absolute atomic E-state index is 0.151. The standard InChI is InChI=1S/C18H14ClNO3/c1-11-8-18(22)23-16-10-14(6-7-15(11)16)20-17(21)9-12-2-4-13(19)5-3-12/h2-8,10H,9H2,1H3,(H,20,21). The van der Waals surface area contributed by atoms with Crippen molar-refractivity contribution in [2.24, 2.45) is 0 Å². The number of anilines is 1. The molecule has 0 aliphatic heterocycles. The smallest absolute Gasteiger partial charge is 0.336 e.